The van der Waals surface area contributed by atoms with E-state index in [2.05, 4.69) is 25.7 Å². The van der Waals surface area contributed by atoms with E-state index >= 15 is 0 Å². The van der Waals surface area contributed by atoms with Crippen molar-refractivity contribution in [3.8, 4) is 11.5 Å². The van der Waals surface area contributed by atoms with E-state index in [4.69, 9.17) is 0 Å². The summed E-state index contributed by atoms with van der Waals surface area (Å²) in [5.41, 5.74) is 1.51. The first-order valence-corrected chi connectivity index (χ1v) is 8.87. The lowest BCUT2D eigenvalue weighted by molar-refractivity contribution is 0.0711. The van der Waals surface area contributed by atoms with Crippen LogP contribution in [0.4, 0.5) is 5.69 Å². The van der Waals surface area contributed by atoms with Crippen molar-refractivity contribution in [2.45, 2.75) is 45.3 Å². The molecule has 0 radical (unpaired) electrons. The molecule has 0 amide bonds. The lowest BCUT2D eigenvalue weighted by atomic mass is 10.0. The molecular formula is C18H25N7O2. The zero-order valence-corrected chi connectivity index (χ0v) is 15.7. The highest BCUT2D eigenvalue weighted by molar-refractivity contribution is 5.62. The number of aliphatic hydroxyl groups excluding tert-OH is 1. The molecule has 0 aliphatic rings. The lowest BCUT2D eigenvalue weighted by Crippen LogP contribution is -2.21. The van der Waals surface area contributed by atoms with Crippen LogP contribution < -0.4 is 5.32 Å². The summed E-state index contributed by atoms with van der Waals surface area (Å²) in [5.74, 6) is 0.652. The molecule has 0 aromatic carbocycles. The van der Waals surface area contributed by atoms with Gasteiger partial charge < -0.3 is 15.5 Å². The summed E-state index contributed by atoms with van der Waals surface area (Å²) in [5, 5.41) is 35.1. The highest BCUT2D eigenvalue weighted by Gasteiger charge is 2.16. The van der Waals surface area contributed by atoms with Crippen molar-refractivity contribution >= 4 is 5.69 Å². The van der Waals surface area contributed by atoms with Crippen LogP contribution in [-0.2, 0) is 6.42 Å². The number of hydrogen-bond acceptors (Lipinski definition) is 7. The number of aromatic nitrogens is 6. The molecular weight excluding hydrogens is 346 g/mol. The van der Waals surface area contributed by atoms with Gasteiger partial charge in [0.2, 0.25) is 0 Å². The van der Waals surface area contributed by atoms with Gasteiger partial charge >= 0.3 is 0 Å². The third-order valence-corrected chi connectivity index (χ3v) is 4.06. The highest BCUT2D eigenvalue weighted by atomic mass is 16.3. The van der Waals surface area contributed by atoms with E-state index in [0.717, 1.165) is 11.4 Å². The fraction of sp³-hybridized carbons (Fsp3) is 0.444. The molecule has 0 saturated heterocycles. The Kier molecular flexibility index (Phi) is 5.52. The quantitative estimate of drug-likeness (QED) is 0.547. The smallest absolute Gasteiger partial charge is 0.155 e. The number of nitrogens with zero attached hydrogens (tertiary/aromatic N) is 6. The molecule has 3 heterocycles. The summed E-state index contributed by atoms with van der Waals surface area (Å²) in [6, 6.07) is 3.53. The van der Waals surface area contributed by atoms with Gasteiger partial charge in [0.25, 0.3) is 0 Å². The minimum absolute atomic E-state index is 0.00689. The first-order valence-electron chi connectivity index (χ1n) is 8.87. The van der Waals surface area contributed by atoms with Crippen molar-refractivity contribution < 1.29 is 10.2 Å². The number of aryl methyl sites for hydroxylation is 1. The molecule has 0 aliphatic heterocycles. The molecule has 27 heavy (non-hydrogen) atoms. The maximum atomic E-state index is 9.89. The van der Waals surface area contributed by atoms with Crippen molar-refractivity contribution in [2.24, 2.45) is 0 Å². The Balaban J connectivity index is 1.90. The Morgan fingerprint density at radius 2 is 2.11 bits per heavy atom. The Hall–Kier alpha value is -2.78. The van der Waals surface area contributed by atoms with Crippen LogP contribution in [0.3, 0.4) is 0 Å². The van der Waals surface area contributed by atoms with Crippen LogP contribution in [0.25, 0.3) is 11.5 Å². The minimum Gasteiger partial charge on any atom is -0.394 e. The summed E-state index contributed by atoms with van der Waals surface area (Å²) in [6.07, 6.45) is 8.23. The molecule has 0 spiro atoms. The molecule has 9 nitrogen and oxygen atoms in total. The number of aliphatic hydroxyl groups is 2. The van der Waals surface area contributed by atoms with Crippen LogP contribution in [0, 0.1) is 0 Å². The van der Waals surface area contributed by atoms with E-state index in [1.54, 1.807) is 35.6 Å². The molecule has 9 heteroatoms. The van der Waals surface area contributed by atoms with Gasteiger partial charge in [0.05, 0.1) is 36.0 Å². The van der Waals surface area contributed by atoms with Gasteiger partial charge in [-0.3, -0.25) is 0 Å². The van der Waals surface area contributed by atoms with Gasteiger partial charge in [-0.1, -0.05) is 5.21 Å². The predicted octanol–water partition coefficient (Wildman–Crippen LogP) is 1.34. The Bertz CT molecular complexity index is 868. The van der Waals surface area contributed by atoms with Crippen LogP contribution in [0.1, 0.15) is 32.9 Å². The fourth-order valence-corrected chi connectivity index (χ4v) is 2.54. The first kappa shape index (κ1) is 19.0. The molecule has 3 aromatic heterocycles. The molecule has 0 bridgehead atoms. The summed E-state index contributed by atoms with van der Waals surface area (Å²) in [6.45, 7) is 5.42. The van der Waals surface area contributed by atoms with Crippen LogP contribution in [0.15, 0.2) is 36.9 Å². The van der Waals surface area contributed by atoms with Gasteiger partial charge in [-0.15, -0.1) is 5.10 Å². The molecule has 0 unspecified atom stereocenters. The van der Waals surface area contributed by atoms with Crippen molar-refractivity contribution in [1.29, 1.82) is 0 Å². The van der Waals surface area contributed by atoms with Crippen LogP contribution in [0.2, 0.25) is 0 Å². The van der Waals surface area contributed by atoms with Gasteiger partial charge in [0.1, 0.15) is 5.69 Å². The Labute approximate surface area is 157 Å². The molecule has 144 valence electrons. The van der Waals surface area contributed by atoms with Gasteiger partial charge in [0, 0.05) is 24.5 Å². The van der Waals surface area contributed by atoms with E-state index in [1.807, 2.05) is 31.5 Å². The van der Waals surface area contributed by atoms with E-state index in [9.17, 15) is 10.2 Å². The van der Waals surface area contributed by atoms with Crippen LogP contribution >= 0.6 is 0 Å². The van der Waals surface area contributed by atoms with E-state index in [-0.39, 0.29) is 12.6 Å². The second-order valence-corrected chi connectivity index (χ2v) is 7.21. The zero-order chi connectivity index (χ0) is 19.4. The molecule has 0 fully saturated rings. The molecule has 0 saturated carbocycles. The third-order valence-electron chi connectivity index (χ3n) is 4.06. The molecule has 3 N–H and O–H groups in total. The van der Waals surface area contributed by atoms with Crippen LogP contribution in [0.5, 0.6) is 0 Å². The summed E-state index contributed by atoms with van der Waals surface area (Å²) >= 11 is 0. The van der Waals surface area contributed by atoms with Gasteiger partial charge in [0.15, 0.2) is 5.82 Å². The summed E-state index contributed by atoms with van der Waals surface area (Å²) in [7, 11) is 0. The fourth-order valence-electron chi connectivity index (χ4n) is 2.54. The average Bonchev–Trinajstić information content (AvgIpc) is 3.31. The molecule has 3 rings (SSSR count). The number of pyridine rings is 1. The van der Waals surface area contributed by atoms with Crippen molar-refractivity contribution in [1.82, 2.24) is 29.8 Å². The molecule has 0 aliphatic carbocycles. The van der Waals surface area contributed by atoms with E-state index in [0.29, 0.717) is 24.3 Å². The normalized spacial score (nSPS) is 12.9. The second-order valence-electron chi connectivity index (χ2n) is 7.21. The molecule has 1 atom stereocenters. The number of rotatable bonds is 8. The summed E-state index contributed by atoms with van der Waals surface area (Å²) in [4.78, 5) is 4.46. The topological polar surface area (TPSA) is 114 Å². The predicted molar refractivity (Wildman–Crippen MR) is 101 cm³/mol. The van der Waals surface area contributed by atoms with Crippen molar-refractivity contribution in [3.05, 3.63) is 42.6 Å². The van der Waals surface area contributed by atoms with Gasteiger partial charge in [-0.05, 0) is 39.7 Å². The number of nitrogens with one attached hydrogen (secondary N) is 1. The van der Waals surface area contributed by atoms with Crippen molar-refractivity contribution in [2.75, 3.05) is 11.9 Å². The number of anilines is 1. The Morgan fingerprint density at radius 3 is 2.78 bits per heavy atom. The minimum atomic E-state index is -0.750. The van der Waals surface area contributed by atoms with Crippen LogP contribution in [-0.4, -0.2) is 58.2 Å². The standard InChI is InChI=1S/C18H25N7O2/c1-13(12-26)21-15-9-17(24-8-4-7-20-24)19-10-16(15)25-11-14(22-23-25)5-6-18(2,3)27/h4,7-11,13,26-27H,5-6,12H2,1-3H3,(H,19,21)/t13-/m0/s1. The first-order chi connectivity index (χ1) is 12.9. The highest BCUT2D eigenvalue weighted by Crippen LogP contribution is 2.23. The zero-order valence-electron chi connectivity index (χ0n) is 15.7. The van der Waals surface area contributed by atoms with Gasteiger partial charge in [-0.25, -0.2) is 14.3 Å². The average molecular weight is 371 g/mol. The maximum Gasteiger partial charge on any atom is 0.155 e. The maximum absolute atomic E-state index is 9.89. The SMILES string of the molecule is C[C@@H](CO)Nc1cc(-n2cccn2)ncc1-n1cc(CCC(C)(C)O)nn1. The Morgan fingerprint density at radius 1 is 1.30 bits per heavy atom. The largest absolute Gasteiger partial charge is 0.394 e. The number of hydrogen-bond donors (Lipinski definition) is 3. The molecule has 3 aromatic rings. The van der Waals surface area contributed by atoms with Crippen molar-refractivity contribution in [3.63, 3.8) is 0 Å². The van der Waals surface area contributed by atoms with E-state index < -0.39 is 5.60 Å². The third kappa shape index (κ3) is 4.89. The summed E-state index contributed by atoms with van der Waals surface area (Å²) < 4.78 is 3.31. The van der Waals surface area contributed by atoms with Gasteiger partial charge in [-0.2, -0.15) is 5.10 Å². The lowest BCUT2D eigenvalue weighted by Gasteiger charge is -2.17. The second kappa shape index (κ2) is 7.85. The monoisotopic (exact) mass is 371 g/mol. The van der Waals surface area contributed by atoms with E-state index in [1.165, 1.54) is 0 Å².